The smallest absolute Gasteiger partial charge is 0.259 e. The highest BCUT2D eigenvalue weighted by Crippen LogP contribution is 2.32. The lowest BCUT2D eigenvalue weighted by molar-refractivity contribution is 0.0843. The average molecular weight is 254 g/mol. The number of carbonyl (C=O) groups excluding carboxylic acids is 1. The van der Waals surface area contributed by atoms with Crippen LogP contribution >= 0.6 is 0 Å². The van der Waals surface area contributed by atoms with Gasteiger partial charge >= 0.3 is 0 Å². The minimum atomic E-state index is -0.0381. The van der Waals surface area contributed by atoms with E-state index in [4.69, 9.17) is 5.73 Å². The van der Waals surface area contributed by atoms with Crippen LogP contribution in [0.25, 0.3) is 5.70 Å². The Kier molecular flexibility index (Phi) is 2.41. The monoisotopic (exact) mass is 254 g/mol. The third kappa shape index (κ3) is 1.62. The van der Waals surface area contributed by atoms with E-state index in [9.17, 15) is 4.79 Å². The van der Waals surface area contributed by atoms with Crippen molar-refractivity contribution in [1.82, 2.24) is 14.7 Å². The molecule has 2 heterocycles. The number of nitrogen functional groups attached to an aromatic ring is 1. The van der Waals surface area contributed by atoms with Crippen molar-refractivity contribution in [3.8, 4) is 0 Å². The fourth-order valence-corrected chi connectivity index (χ4v) is 2.29. The van der Waals surface area contributed by atoms with Gasteiger partial charge in [0, 0.05) is 29.4 Å². The van der Waals surface area contributed by atoms with Gasteiger partial charge in [-0.15, -0.1) is 0 Å². The molecule has 0 saturated carbocycles. The number of nitrogens with two attached hydrogens (primary N) is 1. The van der Waals surface area contributed by atoms with Crippen LogP contribution in [-0.2, 0) is 13.6 Å². The molecule has 5 nitrogen and oxygen atoms in total. The summed E-state index contributed by atoms with van der Waals surface area (Å²) in [5.41, 5.74) is 9.02. The molecule has 19 heavy (non-hydrogen) atoms. The van der Waals surface area contributed by atoms with Gasteiger partial charge in [0.15, 0.2) is 0 Å². The van der Waals surface area contributed by atoms with Gasteiger partial charge in [-0.05, 0) is 6.07 Å². The summed E-state index contributed by atoms with van der Waals surface area (Å²) in [4.78, 5) is 14.0. The minimum Gasteiger partial charge on any atom is -0.384 e. The zero-order chi connectivity index (χ0) is 13.6. The first-order valence-corrected chi connectivity index (χ1v) is 5.96. The summed E-state index contributed by atoms with van der Waals surface area (Å²) in [5, 5.41) is 4.08. The van der Waals surface area contributed by atoms with Crippen molar-refractivity contribution >= 4 is 17.4 Å². The summed E-state index contributed by atoms with van der Waals surface area (Å²) in [6, 6.07) is 7.47. The van der Waals surface area contributed by atoms with Crippen LogP contribution in [0.5, 0.6) is 0 Å². The summed E-state index contributed by atoms with van der Waals surface area (Å²) >= 11 is 0. The van der Waals surface area contributed by atoms with E-state index in [1.165, 1.54) is 0 Å². The molecule has 0 atom stereocenters. The molecule has 0 fully saturated rings. The van der Waals surface area contributed by atoms with E-state index >= 15 is 0 Å². The minimum absolute atomic E-state index is 0.0381. The second-order valence-corrected chi connectivity index (χ2v) is 4.56. The molecular formula is C14H14N4O. The zero-order valence-corrected chi connectivity index (χ0v) is 10.6. The maximum atomic E-state index is 12.3. The topological polar surface area (TPSA) is 64.2 Å². The van der Waals surface area contributed by atoms with Crippen molar-refractivity contribution in [3.05, 3.63) is 53.7 Å². The number of nitrogens with zero attached hydrogens (tertiary/aromatic N) is 3. The van der Waals surface area contributed by atoms with Crippen LogP contribution in [0.2, 0.25) is 0 Å². The highest BCUT2D eigenvalue weighted by atomic mass is 16.2. The van der Waals surface area contributed by atoms with Crippen LogP contribution in [0.3, 0.4) is 0 Å². The van der Waals surface area contributed by atoms with Crippen molar-refractivity contribution in [2.24, 2.45) is 7.05 Å². The average Bonchev–Trinajstić information content (AvgIpc) is 2.86. The summed E-state index contributed by atoms with van der Waals surface area (Å²) in [5.74, 6) is 0.528. The molecule has 3 rings (SSSR count). The predicted octanol–water partition coefficient (Wildman–Crippen LogP) is 1.63. The molecule has 2 aromatic rings. The van der Waals surface area contributed by atoms with E-state index in [1.54, 1.807) is 22.8 Å². The zero-order valence-electron chi connectivity index (χ0n) is 10.6. The largest absolute Gasteiger partial charge is 0.384 e. The van der Waals surface area contributed by atoms with Gasteiger partial charge < -0.3 is 10.6 Å². The fraction of sp³-hybridized carbons (Fsp3) is 0.143. The Morgan fingerprint density at radius 2 is 2.00 bits per heavy atom. The van der Waals surface area contributed by atoms with Crippen molar-refractivity contribution in [3.63, 3.8) is 0 Å². The van der Waals surface area contributed by atoms with Gasteiger partial charge in [0.2, 0.25) is 0 Å². The number of hydrogen-bond donors (Lipinski definition) is 1. The van der Waals surface area contributed by atoms with E-state index in [0.717, 1.165) is 11.1 Å². The van der Waals surface area contributed by atoms with Gasteiger partial charge in [-0.1, -0.05) is 24.8 Å². The van der Waals surface area contributed by atoms with Crippen LogP contribution < -0.4 is 5.73 Å². The van der Waals surface area contributed by atoms with Gasteiger partial charge in [-0.2, -0.15) is 5.10 Å². The number of hydrogen-bond acceptors (Lipinski definition) is 3. The normalized spacial score (nSPS) is 14.1. The molecule has 96 valence electrons. The molecule has 2 N–H and O–H groups in total. The van der Waals surface area contributed by atoms with Crippen LogP contribution in [0, 0.1) is 0 Å². The Morgan fingerprint density at radius 1 is 1.32 bits per heavy atom. The van der Waals surface area contributed by atoms with Crippen molar-refractivity contribution in [1.29, 1.82) is 0 Å². The van der Waals surface area contributed by atoms with Gasteiger partial charge in [-0.25, -0.2) is 0 Å². The first-order chi connectivity index (χ1) is 9.09. The lowest BCUT2D eigenvalue weighted by atomic mass is 10.1. The number of anilines is 1. The summed E-state index contributed by atoms with van der Waals surface area (Å²) in [6.45, 7) is 4.39. The molecule has 0 unspecified atom stereocenters. The lowest BCUT2D eigenvalue weighted by Crippen LogP contribution is -2.22. The number of carbonyl (C=O) groups is 1. The molecule has 1 aliphatic rings. The third-order valence-corrected chi connectivity index (χ3v) is 3.43. The molecule has 0 saturated heterocycles. The molecule has 5 heteroatoms. The van der Waals surface area contributed by atoms with Gasteiger partial charge in [-0.3, -0.25) is 9.48 Å². The Hall–Kier alpha value is -2.56. The number of fused-ring (bicyclic) bond motifs is 1. The number of benzene rings is 1. The summed E-state index contributed by atoms with van der Waals surface area (Å²) < 4.78 is 1.59. The second-order valence-electron chi connectivity index (χ2n) is 4.56. The van der Waals surface area contributed by atoms with Crippen LogP contribution in [0.1, 0.15) is 21.5 Å². The Labute approximate surface area is 110 Å². The standard InChI is InChI=1S/C14H14N4O/c1-9-11-5-3-4-6-12(11)14(19)18(9)8-10-7-16-17(2)13(10)15/h3-7H,1,8,15H2,2H3. The fourth-order valence-electron chi connectivity index (χ4n) is 2.29. The van der Waals surface area contributed by atoms with E-state index in [1.807, 2.05) is 24.3 Å². The molecular weight excluding hydrogens is 240 g/mol. The van der Waals surface area contributed by atoms with Crippen molar-refractivity contribution < 1.29 is 4.79 Å². The number of aromatic nitrogens is 2. The third-order valence-electron chi connectivity index (χ3n) is 3.43. The van der Waals surface area contributed by atoms with Crippen molar-refractivity contribution in [2.45, 2.75) is 6.54 Å². The maximum Gasteiger partial charge on any atom is 0.259 e. The molecule has 0 aliphatic carbocycles. The Balaban J connectivity index is 1.95. The summed E-state index contributed by atoms with van der Waals surface area (Å²) in [6.07, 6.45) is 1.68. The number of rotatable bonds is 2. The molecule has 0 spiro atoms. The van der Waals surface area contributed by atoms with E-state index in [2.05, 4.69) is 11.7 Å². The Morgan fingerprint density at radius 3 is 2.58 bits per heavy atom. The second kappa shape index (κ2) is 3.98. The first kappa shape index (κ1) is 11.5. The van der Waals surface area contributed by atoms with Crippen molar-refractivity contribution in [2.75, 3.05) is 5.73 Å². The molecule has 0 radical (unpaired) electrons. The highest BCUT2D eigenvalue weighted by Gasteiger charge is 2.31. The highest BCUT2D eigenvalue weighted by molar-refractivity contribution is 6.08. The van der Waals surface area contributed by atoms with Crippen LogP contribution in [0.4, 0.5) is 5.82 Å². The van der Waals surface area contributed by atoms with E-state index in [0.29, 0.717) is 23.6 Å². The molecule has 1 aromatic carbocycles. The van der Waals surface area contributed by atoms with Gasteiger partial charge in [0.25, 0.3) is 5.91 Å². The number of amides is 1. The quantitative estimate of drug-likeness (QED) is 0.885. The molecule has 1 aromatic heterocycles. The van der Waals surface area contributed by atoms with Crippen LogP contribution in [-0.4, -0.2) is 20.6 Å². The SMILES string of the molecule is C=C1c2ccccc2C(=O)N1Cc1cnn(C)c1N. The summed E-state index contributed by atoms with van der Waals surface area (Å²) in [7, 11) is 1.77. The van der Waals surface area contributed by atoms with E-state index in [-0.39, 0.29) is 5.91 Å². The Bertz CT molecular complexity index is 652. The van der Waals surface area contributed by atoms with Crippen LogP contribution in [0.15, 0.2) is 37.0 Å². The molecule has 1 aliphatic heterocycles. The first-order valence-electron chi connectivity index (χ1n) is 5.96. The molecule has 1 amide bonds. The van der Waals surface area contributed by atoms with Gasteiger partial charge in [0.05, 0.1) is 12.7 Å². The number of aryl methyl sites for hydroxylation is 1. The lowest BCUT2D eigenvalue weighted by Gasteiger charge is -2.16. The van der Waals surface area contributed by atoms with E-state index < -0.39 is 0 Å². The van der Waals surface area contributed by atoms with Gasteiger partial charge in [0.1, 0.15) is 5.82 Å². The molecule has 0 bridgehead atoms. The predicted molar refractivity (Wildman–Crippen MR) is 73.0 cm³/mol. The maximum absolute atomic E-state index is 12.3.